The molecule has 0 amide bonds. The Morgan fingerprint density at radius 3 is 2.61 bits per heavy atom. The van der Waals surface area contributed by atoms with Gasteiger partial charge in [0, 0.05) is 19.0 Å². The van der Waals surface area contributed by atoms with E-state index in [1.165, 1.54) is 38.2 Å². The highest BCUT2D eigenvalue weighted by molar-refractivity contribution is 5.32. The van der Waals surface area contributed by atoms with Gasteiger partial charge in [-0.05, 0) is 6.42 Å². The summed E-state index contributed by atoms with van der Waals surface area (Å²) in [5.74, 6) is 1.44. The first-order valence-electron chi connectivity index (χ1n) is 7.10. The standard InChI is InChI=1S/C14H25N3O/c1-3-5-6-7-8-9-10-15-13-11-14(18)17-12(4-2)16-13/h11H,3-10H2,1-2H3,(H2,15,16,17,18). The van der Waals surface area contributed by atoms with Crippen LogP contribution in [0.25, 0.3) is 0 Å². The third-order valence-electron chi connectivity index (χ3n) is 2.96. The van der Waals surface area contributed by atoms with Crippen molar-refractivity contribution in [3.8, 4) is 0 Å². The van der Waals surface area contributed by atoms with Gasteiger partial charge in [0.15, 0.2) is 0 Å². The topological polar surface area (TPSA) is 57.8 Å². The zero-order valence-electron chi connectivity index (χ0n) is 11.6. The van der Waals surface area contributed by atoms with Crippen LogP contribution in [0, 0.1) is 0 Å². The van der Waals surface area contributed by atoms with Crippen LogP contribution in [0.3, 0.4) is 0 Å². The van der Waals surface area contributed by atoms with Crippen molar-refractivity contribution < 1.29 is 0 Å². The first kappa shape index (κ1) is 14.7. The molecule has 0 radical (unpaired) electrons. The van der Waals surface area contributed by atoms with Crippen LogP contribution in [0.4, 0.5) is 5.82 Å². The number of aromatic amines is 1. The molecule has 0 atom stereocenters. The van der Waals surface area contributed by atoms with Crippen LogP contribution in [0.5, 0.6) is 0 Å². The number of aryl methyl sites for hydroxylation is 1. The molecule has 1 aromatic heterocycles. The molecule has 0 aliphatic heterocycles. The summed E-state index contributed by atoms with van der Waals surface area (Å²) >= 11 is 0. The maximum absolute atomic E-state index is 11.3. The number of unbranched alkanes of at least 4 members (excludes halogenated alkanes) is 5. The van der Waals surface area contributed by atoms with E-state index >= 15 is 0 Å². The molecule has 0 aromatic carbocycles. The molecule has 1 rings (SSSR count). The van der Waals surface area contributed by atoms with Gasteiger partial charge in [-0.2, -0.15) is 0 Å². The van der Waals surface area contributed by atoms with E-state index in [4.69, 9.17) is 0 Å². The Morgan fingerprint density at radius 1 is 1.17 bits per heavy atom. The summed E-state index contributed by atoms with van der Waals surface area (Å²) in [6, 6.07) is 1.52. The Morgan fingerprint density at radius 2 is 1.89 bits per heavy atom. The van der Waals surface area contributed by atoms with Crippen molar-refractivity contribution in [2.24, 2.45) is 0 Å². The summed E-state index contributed by atoms with van der Waals surface area (Å²) in [5.41, 5.74) is -0.0766. The maximum atomic E-state index is 11.3. The van der Waals surface area contributed by atoms with Crippen molar-refractivity contribution in [2.75, 3.05) is 11.9 Å². The molecular formula is C14H25N3O. The van der Waals surface area contributed by atoms with Crippen molar-refractivity contribution in [3.05, 3.63) is 22.2 Å². The molecule has 102 valence electrons. The van der Waals surface area contributed by atoms with Gasteiger partial charge < -0.3 is 10.3 Å². The van der Waals surface area contributed by atoms with Crippen LogP contribution in [0.2, 0.25) is 0 Å². The molecular weight excluding hydrogens is 226 g/mol. The molecule has 0 bridgehead atoms. The number of hydrogen-bond donors (Lipinski definition) is 2. The molecule has 1 heterocycles. The zero-order chi connectivity index (χ0) is 13.2. The Bertz CT molecular complexity index is 387. The highest BCUT2D eigenvalue weighted by Gasteiger charge is 1.98. The van der Waals surface area contributed by atoms with Gasteiger partial charge in [0.05, 0.1) is 0 Å². The van der Waals surface area contributed by atoms with Gasteiger partial charge >= 0.3 is 0 Å². The molecule has 2 N–H and O–H groups in total. The highest BCUT2D eigenvalue weighted by Crippen LogP contribution is 2.06. The molecule has 18 heavy (non-hydrogen) atoms. The molecule has 0 aliphatic rings. The third-order valence-corrected chi connectivity index (χ3v) is 2.96. The van der Waals surface area contributed by atoms with E-state index in [9.17, 15) is 4.79 Å². The fourth-order valence-electron chi connectivity index (χ4n) is 1.89. The minimum absolute atomic E-state index is 0.0766. The van der Waals surface area contributed by atoms with Crippen LogP contribution >= 0.6 is 0 Å². The lowest BCUT2D eigenvalue weighted by Gasteiger charge is -2.06. The number of aromatic nitrogens is 2. The zero-order valence-corrected chi connectivity index (χ0v) is 11.6. The van der Waals surface area contributed by atoms with E-state index in [0.29, 0.717) is 5.82 Å². The van der Waals surface area contributed by atoms with Crippen molar-refractivity contribution in [3.63, 3.8) is 0 Å². The lowest BCUT2D eigenvalue weighted by molar-refractivity contribution is 0.616. The summed E-state index contributed by atoms with van der Waals surface area (Å²) in [4.78, 5) is 18.4. The van der Waals surface area contributed by atoms with Gasteiger partial charge in [0.1, 0.15) is 11.6 Å². The van der Waals surface area contributed by atoms with Crippen LogP contribution in [0.15, 0.2) is 10.9 Å². The summed E-state index contributed by atoms with van der Waals surface area (Å²) in [7, 11) is 0. The number of hydrogen-bond acceptors (Lipinski definition) is 3. The van der Waals surface area contributed by atoms with Crippen LogP contribution in [0.1, 0.15) is 58.2 Å². The largest absolute Gasteiger partial charge is 0.370 e. The van der Waals surface area contributed by atoms with E-state index in [2.05, 4.69) is 22.2 Å². The average molecular weight is 251 g/mol. The molecule has 0 saturated carbocycles. The number of rotatable bonds is 9. The second-order valence-electron chi connectivity index (χ2n) is 4.63. The first-order chi connectivity index (χ1) is 8.76. The second-order valence-corrected chi connectivity index (χ2v) is 4.63. The van der Waals surface area contributed by atoms with E-state index in [1.54, 1.807) is 0 Å². The Labute approximate surface area is 109 Å². The second kappa shape index (κ2) is 8.72. The minimum Gasteiger partial charge on any atom is -0.370 e. The SMILES string of the molecule is CCCCCCCCNc1cc(=O)[nH]c(CC)n1. The molecule has 0 unspecified atom stereocenters. The molecule has 4 nitrogen and oxygen atoms in total. The molecule has 0 aliphatic carbocycles. The lowest BCUT2D eigenvalue weighted by Crippen LogP contribution is -2.13. The molecule has 0 saturated heterocycles. The smallest absolute Gasteiger partial charge is 0.252 e. The quantitative estimate of drug-likeness (QED) is 0.663. The maximum Gasteiger partial charge on any atom is 0.252 e. The lowest BCUT2D eigenvalue weighted by atomic mass is 10.1. The van der Waals surface area contributed by atoms with Gasteiger partial charge in [0.25, 0.3) is 5.56 Å². The first-order valence-corrected chi connectivity index (χ1v) is 7.10. The summed E-state index contributed by atoms with van der Waals surface area (Å²) in [6.07, 6.45) is 8.40. The summed E-state index contributed by atoms with van der Waals surface area (Å²) in [6.45, 7) is 5.10. The van der Waals surface area contributed by atoms with Crippen molar-refractivity contribution in [2.45, 2.75) is 58.8 Å². The average Bonchev–Trinajstić information content (AvgIpc) is 2.37. The van der Waals surface area contributed by atoms with Crippen molar-refractivity contribution in [1.29, 1.82) is 0 Å². The van der Waals surface area contributed by atoms with E-state index < -0.39 is 0 Å². The monoisotopic (exact) mass is 251 g/mol. The fourth-order valence-corrected chi connectivity index (χ4v) is 1.89. The third kappa shape index (κ3) is 5.84. The van der Waals surface area contributed by atoms with E-state index in [0.717, 1.165) is 25.2 Å². The Kier molecular flexibility index (Phi) is 7.14. The van der Waals surface area contributed by atoms with Crippen LogP contribution < -0.4 is 10.9 Å². The molecule has 0 fully saturated rings. The fraction of sp³-hybridized carbons (Fsp3) is 0.714. The van der Waals surface area contributed by atoms with Gasteiger partial charge in [-0.3, -0.25) is 4.79 Å². The predicted molar refractivity (Wildman–Crippen MR) is 76.1 cm³/mol. The van der Waals surface area contributed by atoms with Crippen LogP contribution in [-0.4, -0.2) is 16.5 Å². The van der Waals surface area contributed by atoms with Gasteiger partial charge in [-0.25, -0.2) is 4.98 Å². The van der Waals surface area contributed by atoms with Crippen molar-refractivity contribution in [1.82, 2.24) is 9.97 Å². The van der Waals surface area contributed by atoms with Gasteiger partial charge in [0.2, 0.25) is 0 Å². The molecule has 1 aromatic rings. The number of H-pyrrole nitrogens is 1. The summed E-state index contributed by atoms with van der Waals surface area (Å²) < 4.78 is 0. The minimum atomic E-state index is -0.0766. The molecule has 0 spiro atoms. The Balaban J connectivity index is 2.23. The normalized spacial score (nSPS) is 10.6. The van der Waals surface area contributed by atoms with Crippen molar-refractivity contribution >= 4 is 5.82 Å². The number of nitrogens with zero attached hydrogens (tertiary/aromatic N) is 1. The van der Waals surface area contributed by atoms with Gasteiger partial charge in [-0.1, -0.05) is 46.0 Å². The summed E-state index contributed by atoms with van der Waals surface area (Å²) in [5, 5.41) is 3.22. The highest BCUT2D eigenvalue weighted by atomic mass is 16.1. The Hall–Kier alpha value is -1.32. The van der Waals surface area contributed by atoms with Gasteiger partial charge in [-0.15, -0.1) is 0 Å². The van der Waals surface area contributed by atoms with E-state index in [1.807, 2.05) is 6.92 Å². The number of anilines is 1. The van der Waals surface area contributed by atoms with E-state index in [-0.39, 0.29) is 5.56 Å². The van der Waals surface area contributed by atoms with Crippen LogP contribution in [-0.2, 0) is 6.42 Å². The number of nitrogens with one attached hydrogen (secondary N) is 2. The molecule has 4 heteroatoms. The predicted octanol–water partition coefficient (Wildman–Crippen LogP) is 3.10.